The number of ketones is 1. The maximum atomic E-state index is 11.8. The minimum absolute atomic E-state index is 0.0614. The fourth-order valence-corrected chi connectivity index (χ4v) is 2.68. The van der Waals surface area contributed by atoms with Gasteiger partial charge in [0.15, 0.2) is 0 Å². The molecular weight excluding hydrogens is 280 g/mol. The van der Waals surface area contributed by atoms with Crippen LogP contribution in [0.1, 0.15) is 94.3 Å². The number of rotatable bonds is 12. The first kappa shape index (κ1) is 19.5. The smallest absolute Gasteiger partial charge is 0.235 e. The first-order valence-corrected chi connectivity index (χ1v) is 9.43. The Morgan fingerprint density at radius 2 is 1.30 bits per heavy atom. The Morgan fingerprint density at radius 1 is 0.783 bits per heavy atom. The molecule has 1 heteroatoms. The van der Waals surface area contributed by atoms with E-state index in [1.165, 1.54) is 64.2 Å². The maximum Gasteiger partial charge on any atom is 0.235 e. The molecule has 0 amide bonds. The molecule has 126 valence electrons. The summed E-state index contributed by atoms with van der Waals surface area (Å²) >= 11 is 0. The summed E-state index contributed by atoms with van der Waals surface area (Å²) < 4.78 is 0. The maximum absolute atomic E-state index is 11.8. The number of benzene rings is 1. The van der Waals surface area contributed by atoms with Gasteiger partial charge in [-0.2, -0.15) is 0 Å². The molecule has 0 aliphatic heterocycles. The molecule has 0 spiro atoms. The second kappa shape index (κ2) is 14.1. The standard InChI is InChI=1S/C22H32O/c1-2-3-4-5-6-7-8-9-10-11-12-13-17-20-22(23)21-18-15-14-16-19-21/h14-16,18-19H,2-13H2,1H3. The van der Waals surface area contributed by atoms with Gasteiger partial charge < -0.3 is 0 Å². The van der Waals surface area contributed by atoms with Gasteiger partial charge in [0, 0.05) is 12.0 Å². The topological polar surface area (TPSA) is 17.1 Å². The van der Waals surface area contributed by atoms with Crippen LogP contribution in [-0.4, -0.2) is 5.78 Å². The Bertz CT molecular complexity index is 464. The molecule has 1 nitrogen and oxygen atoms in total. The van der Waals surface area contributed by atoms with Crippen LogP contribution in [0.4, 0.5) is 0 Å². The average Bonchev–Trinajstić information content (AvgIpc) is 2.59. The first-order valence-electron chi connectivity index (χ1n) is 9.43. The van der Waals surface area contributed by atoms with E-state index in [0.717, 1.165) is 12.8 Å². The fraction of sp³-hybridized carbons (Fsp3) is 0.591. The van der Waals surface area contributed by atoms with Crippen LogP contribution in [0.15, 0.2) is 30.3 Å². The Hall–Kier alpha value is -1.55. The summed E-state index contributed by atoms with van der Waals surface area (Å²) in [5, 5.41) is 0. The van der Waals surface area contributed by atoms with Crippen LogP contribution in [0.25, 0.3) is 0 Å². The Labute approximate surface area is 142 Å². The predicted molar refractivity (Wildman–Crippen MR) is 99.6 cm³/mol. The number of carbonyl (C=O) groups excluding carboxylic acids is 1. The third-order valence-corrected chi connectivity index (χ3v) is 4.14. The zero-order valence-corrected chi connectivity index (χ0v) is 14.8. The normalized spacial score (nSPS) is 10.1. The highest BCUT2D eigenvalue weighted by Gasteiger charge is 1.98. The van der Waals surface area contributed by atoms with E-state index in [4.69, 9.17) is 0 Å². The van der Waals surface area contributed by atoms with Crippen LogP contribution in [0.3, 0.4) is 0 Å². The van der Waals surface area contributed by atoms with Crippen LogP contribution in [0.5, 0.6) is 0 Å². The molecule has 0 saturated carbocycles. The Balaban J connectivity index is 1.92. The molecule has 0 aliphatic rings. The van der Waals surface area contributed by atoms with E-state index in [2.05, 4.69) is 18.8 Å². The molecule has 0 radical (unpaired) electrons. The van der Waals surface area contributed by atoms with Gasteiger partial charge in [-0.1, -0.05) is 107 Å². The van der Waals surface area contributed by atoms with Gasteiger partial charge in [-0.25, -0.2) is 0 Å². The molecule has 0 atom stereocenters. The SMILES string of the molecule is CCCCCCCCCCCCCC#CC(=O)c1ccccc1. The van der Waals surface area contributed by atoms with Gasteiger partial charge >= 0.3 is 0 Å². The minimum atomic E-state index is -0.0614. The molecule has 23 heavy (non-hydrogen) atoms. The van der Waals surface area contributed by atoms with Crippen molar-refractivity contribution in [2.24, 2.45) is 0 Å². The van der Waals surface area contributed by atoms with Gasteiger partial charge in [0.05, 0.1) is 0 Å². The van der Waals surface area contributed by atoms with E-state index in [0.29, 0.717) is 5.56 Å². The van der Waals surface area contributed by atoms with Crippen molar-refractivity contribution in [3.63, 3.8) is 0 Å². The zero-order valence-electron chi connectivity index (χ0n) is 14.8. The molecule has 0 fully saturated rings. The molecule has 0 bridgehead atoms. The predicted octanol–water partition coefficient (Wildman–Crippen LogP) is 6.57. The molecule has 0 aliphatic carbocycles. The summed E-state index contributed by atoms with van der Waals surface area (Å²) in [6.45, 7) is 2.27. The van der Waals surface area contributed by atoms with Crippen molar-refractivity contribution in [1.82, 2.24) is 0 Å². The summed E-state index contributed by atoms with van der Waals surface area (Å²) in [6, 6.07) is 9.30. The van der Waals surface area contributed by atoms with Crippen molar-refractivity contribution in [3.05, 3.63) is 35.9 Å². The summed E-state index contributed by atoms with van der Waals surface area (Å²) in [5.41, 5.74) is 0.693. The minimum Gasteiger partial charge on any atom is -0.279 e. The molecule has 0 aromatic heterocycles. The molecule has 1 aromatic carbocycles. The Morgan fingerprint density at radius 3 is 1.87 bits per heavy atom. The lowest BCUT2D eigenvalue weighted by Crippen LogP contribution is -1.93. The lowest BCUT2D eigenvalue weighted by Gasteiger charge is -2.01. The van der Waals surface area contributed by atoms with Crippen molar-refractivity contribution >= 4 is 5.78 Å². The molecule has 1 aromatic rings. The lowest BCUT2D eigenvalue weighted by atomic mass is 10.1. The fourth-order valence-electron chi connectivity index (χ4n) is 2.68. The molecule has 0 heterocycles. The third-order valence-electron chi connectivity index (χ3n) is 4.14. The van der Waals surface area contributed by atoms with Crippen molar-refractivity contribution in [1.29, 1.82) is 0 Å². The molecule has 0 unspecified atom stereocenters. The van der Waals surface area contributed by atoms with Crippen LogP contribution in [-0.2, 0) is 0 Å². The number of unbranched alkanes of at least 4 members (excludes halogenated alkanes) is 11. The van der Waals surface area contributed by atoms with Crippen LogP contribution in [0.2, 0.25) is 0 Å². The summed E-state index contributed by atoms with van der Waals surface area (Å²) in [4.78, 5) is 11.8. The monoisotopic (exact) mass is 312 g/mol. The van der Waals surface area contributed by atoms with E-state index < -0.39 is 0 Å². The van der Waals surface area contributed by atoms with Gasteiger partial charge in [-0.3, -0.25) is 4.79 Å². The van der Waals surface area contributed by atoms with Gasteiger partial charge in [0.25, 0.3) is 0 Å². The highest BCUT2D eigenvalue weighted by Crippen LogP contribution is 2.11. The lowest BCUT2D eigenvalue weighted by molar-refractivity contribution is 0.105. The molecule has 0 N–H and O–H groups in total. The van der Waals surface area contributed by atoms with Crippen molar-refractivity contribution in [2.75, 3.05) is 0 Å². The summed E-state index contributed by atoms with van der Waals surface area (Å²) in [6.07, 6.45) is 15.6. The molecule has 0 saturated heterocycles. The van der Waals surface area contributed by atoms with Crippen LogP contribution < -0.4 is 0 Å². The van der Waals surface area contributed by atoms with E-state index in [1.54, 1.807) is 0 Å². The van der Waals surface area contributed by atoms with Gasteiger partial charge in [0.1, 0.15) is 0 Å². The van der Waals surface area contributed by atoms with Crippen LogP contribution in [0, 0.1) is 11.8 Å². The Kier molecular flexibility index (Phi) is 11.9. The molecular formula is C22H32O. The number of hydrogen-bond donors (Lipinski definition) is 0. The van der Waals surface area contributed by atoms with Crippen molar-refractivity contribution < 1.29 is 4.79 Å². The van der Waals surface area contributed by atoms with Crippen molar-refractivity contribution in [2.45, 2.75) is 84.0 Å². The summed E-state index contributed by atoms with van der Waals surface area (Å²) in [5.74, 6) is 5.70. The quantitative estimate of drug-likeness (QED) is 0.184. The third kappa shape index (κ3) is 10.7. The van der Waals surface area contributed by atoms with E-state index in [-0.39, 0.29) is 5.78 Å². The second-order valence-corrected chi connectivity index (χ2v) is 6.28. The number of carbonyl (C=O) groups is 1. The first-order chi connectivity index (χ1) is 11.3. The highest BCUT2D eigenvalue weighted by molar-refractivity contribution is 6.08. The average molecular weight is 312 g/mol. The highest BCUT2D eigenvalue weighted by atomic mass is 16.1. The largest absolute Gasteiger partial charge is 0.279 e. The zero-order chi connectivity index (χ0) is 16.6. The molecule has 1 rings (SSSR count). The van der Waals surface area contributed by atoms with E-state index >= 15 is 0 Å². The number of hydrogen-bond acceptors (Lipinski definition) is 1. The number of Topliss-reactive ketones (excluding diaryl/α,β-unsaturated/α-hetero) is 1. The second-order valence-electron chi connectivity index (χ2n) is 6.28. The van der Waals surface area contributed by atoms with Gasteiger partial charge in [0.2, 0.25) is 5.78 Å². The van der Waals surface area contributed by atoms with Gasteiger partial charge in [-0.05, 0) is 12.3 Å². The van der Waals surface area contributed by atoms with Crippen LogP contribution >= 0.6 is 0 Å². The summed E-state index contributed by atoms with van der Waals surface area (Å²) in [7, 11) is 0. The van der Waals surface area contributed by atoms with Crippen molar-refractivity contribution in [3.8, 4) is 11.8 Å². The van der Waals surface area contributed by atoms with E-state index in [9.17, 15) is 4.79 Å². The van der Waals surface area contributed by atoms with Gasteiger partial charge in [-0.15, -0.1) is 0 Å². The van der Waals surface area contributed by atoms with E-state index in [1.807, 2.05) is 30.3 Å².